The summed E-state index contributed by atoms with van der Waals surface area (Å²) in [6.45, 7) is 8.58. The maximum absolute atomic E-state index is 4.45. The Labute approximate surface area is 558 Å². The van der Waals surface area contributed by atoms with Crippen LogP contribution < -0.4 is 18.3 Å². The second-order valence-electron chi connectivity index (χ2n) is 23.8. The van der Waals surface area contributed by atoms with Crippen molar-refractivity contribution in [2.45, 2.75) is 27.7 Å². The lowest BCUT2D eigenvalue weighted by molar-refractivity contribution is -0.659. The van der Waals surface area contributed by atoms with Crippen LogP contribution in [0.5, 0.6) is 0 Å². The second kappa shape index (κ2) is 28.3. The molecule has 0 aliphatic heterocycles. The Morgan fingerprint density at radius 1 is 0.250 bits per heavy atom. The predicted octanol–water partition coefficient (Wildman–Crippen LogP) is 15.8. The van der Waals surface area contributed by atoms with Gasteiger partial charge in [0.2, 0.25) is 22.8 Å². The molecule has 16 rings (SSSR count). The number of pyridine rings is 4. The van der Waals surface area contributed by atoms with Gasteiger partial charge in [0.1, 0.15) is 47.2 Å². The number of nitrogens with zero attached hydrogens (tertiary/aromatic N) is 13. The van der Waals surface area contributed by atoms with Gasteiger partial charge in [-0.2, -0.15) is 0 Å². The smallest absolute Gasteiger partial charge is 0.213 e. The molecule has 0 N–H and O–H groups in total. The summed E-state index contributed by atoms with van der Waals surface area (Å²) < 4.78 is 8.71. The highest BCUT2D eigenvalue weighted by Crippen LogP contribution is 2.34. The summed E-state index contributed by atoms with van der Waals surface area (Å²) in [7, 11) is 8.35. The molecule has 464 valence electrons. The summed E-state index contributed by atoms with van der Waals surface area (Å²) in [5.41, 5.74) is 21.0. The maximum Gasteiger partial charge on any atom is 0.213 e. The summed E-state index contributed by atoms with van der Waals surface area (Å²) in [5, 5.41) is 9.43. The van der Waals surface area contributed by atoms with Crippen molar-refractivity contribution in [2.75, 3.05) is 0 Å². The van der Waals surface area contributed by atoms with Gasteiger partial charge in [-0.25, -0.2) is 53.2 Å². The molecule has 0 fully saturated rings. The molecule has 13 nitrogen and oxygen atoms in total. The van der Waals surface area contributed by atoms with E-state index in [0.717, 1.165) is 50.2 Å². The highest BCUT2D eigenvalue weighted by Gasteiger charge is 2.21. The van der Waals surface area contributed by atoms with E-state index in [-0.39, 0.29) is 0 Å². The molecule has 0 spiro atoms. The molecule has 96 heavy (non-hydrogen) atoms. The molecular formula is C83H71N13+4. The molecule has 0 unspecified atom stereocenters. The van der Waals surface area contributed by atoms with Gasteiger partial charge in [-0.1, -0.05) is 146 Å². The molecule has 13 heteroatoms. The number of rotatable bonds is 8. The molecule has 0 aliphatic carbocycles. The third-order valence-electron chi connectivity index (χ3n) is 17.5. The normalized spacial score (nSPS) is 10.9. The number of aryl methyl sites for hydroxylation is 8. The Morgan fingerprint density at radius 2 is 0.594 bits per heavy atom. The number of aromatic nitrogens is 13. The first kappa shape index (κ1) is 62.5. The SMILES string of the molecule is Cc1ccccc1-c1cc2cccc(-c3ccncn3)c2c[n+]1C.Cc1ccccc1-c1cc2cccc(-c3cnccn3)c2c[n+]1C.Cc1ccccc1-c1cc2cccc(-c3ncccn3)c2c[n+]1C.Cc1ccccc1-c1cc2cccc(-c3ncncn3)c2c[n+]1C. The van der Waals surface area contributed by atoms with Gasteiger partial charge in [-0.15, -0.1) is 0 Å². The van der Waals surface area contributed by atoms with Crippen LogP contribution in [0.25, 0.3) is 133 Å². The average Bonchev–Trinajstić information content (AvgIpc) is 0.810. The molecule has 8 heterocycles. The van der Waals surface area contributed by atoms with Crippen molar-refractivity contribution >= 4 is 43.1 Å². The number of fused-ring (bicyclic) bond motifs is 4. The first-order chi connectivity index (χ1) is 46.9. The third kappa shape index (κ3) is 13.3. The van der Waals surface area contributed by atoms with Crippen LogP contribution in [0.4, 0.5) is 0 Å². The zero-order valence-electron chi connectivity index (χ0n) is 54.9. The lowest BCUT2D eigenvalue weighted by Gasteiger charge is -2.08. The molecule has 16 aromatic rings. The van der Waals surface area contributed by atoms with Gasteiger partial charge in [0, 0.05) is 99.8 Å². The number of benzene rings is 8. The molecule has 0 bridgehead atoms. The van der Waals surface area contributed by atoms with Crippen LogP contribution in [-0.2, 0) is 28.2 Å². The molecular weight excluding hydrogens is 1180 g/mol. The van der Waals surface area contributed by atoms with Gasteiger partial charge in [-0.05, 0) is 108 Å². The van der Waals surface area contributed by atoms with Crippen molar-refractivity contribution in [1.29, 1.82) is 0 Å². The van der Waals surface area contributed by atoms with E-state index in [2.05, 4.69) is 326 Å². The van der Waals surface area contributed by atoms with Gasteiger partial charge >= 0.3 is 0 Å². The summed E-state index contributed by atoms with van der Waals surface area (Å²) in [6, 6.07) is 71.8. The fourth-order valence-corrected chi connectivity index (χ4v) is 12.5. The maximum atomic E-state index is 4.45. The molecule has 0 aliphatic rings. The zero-order valence-corrected chi connectivity index (χ0v) is 54.9. The van der Waals surface area contributed by atoms with E-state index in [9.17, 15) is 0 Å². The van der Waals surface area contributed by atoms with Crippen LogP contribution in [-0.4, -0.2) is 44.9 Å². The van der Waals surface area contributed by atoms with Gasteiger partial charge in [0.05, 0.1) is 39.1 Å². The van der Waals surface area contributed by atoms with Gasteiger partial charge in [-0.3, -0.25) is 9.97 Å². The third-order valence-corrected chi connectivity index (χ3v) is 17.5. The van der Waals surface area contributed by atoms with Crippen LogP contribution in [0, 0.1) is 27.7 Å². The quantitative estimate of drug-likeness (QED) is 0.136. The van der Waals surface area contributed by atoms with E-state index in [1.807, 2.05) is 30.5 Å². The standard InChI is InChI=1S/3C21H18N3.C20H17N4/c1-15-7-3-4-9-17(15)20-13-16-8-5-10-18(19(16)14-24(20)2)21-22-11-6-12-23-21;1-15-6-3-4-8-17(15)21-12-16-7-5-9-18(19(16)14-24(21)2)20-13-22-10-11-23-20;1-15-6-3-4-8-17(15)21-12-16-7-5-9-18(19(16)13-24(21)2)20-10-11-22-14-23-20;1-14-6-3-4-8-16(14)19-10-15-7-5-9-17(18(15)11-24(19)2)20-22-12-21-13-23-20/h3*3-14H,1-2H3;3-13H,1-2H3/q4*+1. The zero-order chi connectivity index (χ0) is 66.1. The lowest BCUT2D eigenvalue weighted by Crippen LogP contribution is -2.30. The summed E-state index contributed by atoms with van der Waals surface area (Å²) >= 11 is 0. The predicted molar refractivity (Wildman–Crippen MR) is 383 cm³/mol. The van der Waals surface area contributed by atoms with E-state index in [1.165, 1.54) is 112 Å². The van der Waals surface area contributed by atoms with Crippen LogP contribution in [0.2, 0.25) is 0 Å². The Morgan fingerprint density at radius 3 is 0.958 bits per heavy atom. The van der Waals surface area contributed by atoms with E-state index in [0.29, 0.717) is 5.82 Å². The van der Waals surface area contributed by atoms with Crippen LogP contribution >= 0.6 is 0 Å². The van der Waals surface area contributed by atoms with Crippen LogP contribution in [0.15, 0.2) is 287 Å². The van der Waals surface area contributed by atoms with Gasteiger partial charge < -0.3 is 0 Å². The Bertz CT molecular complexity index is 4780. The van der Waals surface area contributed by atoms with Crippen LogP contribution in [0.1, 0.15) is 22.3 Å². The molecule has 0 radical (unpaired) electrons. The molecule has 0 amide bonds. The Kier molecular flexibility index (Phi) is 18.4. The van der Waals surface area contributed by atoms with Crippen molar-refractivity contribution in [2.24, 2.45) is 28.2 Å². The second-order valence-corrected chi connectivity index (χ2v) is 23.8. The summed E-state index contributed by atoms with van der Waals surface area (Å²) in [6.07, 6.45) is 23.9. The summed E-state index contributed by atoms with van der Waals surface area (Å²) in [5.74, 6) is 1.45. The number of hydrogen-bond acceptors (Lipinski definition) is 9. The van der Waals surface area contributed by atoms with Gasteiger partial charge in [0.15, 0.2) is 36.4 Å². The van der Waals surface area contributed by atoms with Crippen LogP contribution in [0.3, 0.4) is 0 Å². The van der Waals surface area contributed by atoms with E-state index >= 15 is 0 Å². The van der Waals surface area contributed by atoms with E-state index < -0.39 is 0 Å². The van der Waals surface area contributed by atoms with Crippen molar-refractivity contribution < 1.29 is 18.3 Å². The minimum Gasteiger partial charge on any atom is -0.261 e. The molecule has 8 aromatic carbocycles. The fourth-order valence-electron chi connectivity index (χ4n) is 12.5. The van der Waals surface area contributed by atoms with Crippen molar-refractivity contribution in [3.63, 3.8) is 0 Å². The summed E-state index contributed by atoms with van der Waals surface area (Å²) in [4.78, 5) is 38.4. The minimum absolute atomic E-state index is 0.694. The Balaban J connectivity index is 0.000000116. The largest absolute Gasteiger partial charge is 0.261 e. The topological polar surface area (TPSA) is 132 Å². The van der Waals surface area contributed by atoms with Gasteiger partial charge in [0.25, 0.3) is 0 Å². The Hall–Kier alpha value is -12.4. The minimum atomic E-state index is 0.694. The lowest BCUT2D eigenvalue weighted by atomic mass is 9.99. The monoisotopic (exact) mass is 1250 g/mol. The highest BCUT2D eigenvalue weighted by atomic mass is 15.0. The van der Waals surface area contributed by atoms with E-state index in [4.69, 9.17) is 0 Å². The molecule has 0 saturated heterocycles. The number of hydrogen-bond donors (Lipinski definition) is 0. The fraction of sp³-hybridized carbons (Fsp3) is 0.0964. The average molecular weight is 1250 g/mol. The van der Waals surface area contributed by atoms with Crippen molar-refractivity contribution in [3.8, 4) is 90.3 Å². The molecule has 0 atom stereocenters. The van der Waals surface area contributed by atoms with Crippen molar-refractivity contribution in [1.82, 2.24) is 44.9 Å². The highest BCUT2D eigenvalue weighted by molar-refractivity contribution is 5.99. The van der Waals surface area contributed by atoms with E-state index in [1.54, 1.807) is 37.3 Å². The molecule has 8 aromatic heterocycles. The van der Waals surface area contributed by atoms with Crippen molar-refractivity contribution in [3.05, 3.63) is 309 Å². The first-order valence-electron chi connectivity index (χ1n) is 31.8. The first-order valence-corrected chi connectivity index (χ1v) is 31.8. The molecule has 0 saturated carbocycles.